The van der Waals surface area contributed by atoms with Gasteiger partial charge in [0.1, 0.15) is 5.82 Å². The van der Waals surface area contributed by atoms with Crippen LogP contribution in [0.3, 0.4) is 0 Å². The summed E-state index contributed by atoms with van der Waals surface area (Å²) in [5.41, 5.74) is 0.734. The van der Waals surface area contributed by atoms with Crippen LogP contribution in [0.2, 0.25) is 5.02 Å². The van der Waals surface area contributed by atoms with Gasteiger partial charge in [-0.2, -0.15) is 0 Å². The van der Waals surface area contributed by atoms with Gasteiger partial charge in [0.2, 0.25) is 0 Å². The van der Waals surface area contributed by atoms with E-state index in [0.717, 1.165) is 31.5 Å². The summed E-state index contributed by atoms with van der Waals surface area (Å²) in [6, 6.07) is 4.91. The van der Waals surface area contributed by atoms with E-state index in [9.17, 15) is 4.39 Å². The molecular formula is C12H14BrClFN. The molecule has 0 spiro atoms. The van der Waals surface area contributed by atoms with Crippen LogP contribution in [0.15, 0.2) is 18.2 Å². The monoisotopic (exact) mass is 305 g/mol. The second-order valence-corrected chi connectivity index (χ2v) is 5.92. The van der Waals surface area contributed by atoms with E-state index in [2.05, 4.69) is 20.8 Å². The largest absolute Gasteiger partial charge is 0.299 e. The van der Waals surface area contributed by atoms with E-state index in [-0.39, 0.29) is 5.82 Å². The first-order valence-corrected chi connectivity index (χ1v) is 6.75. The van der Waals surface area contributed by atoms with Gasteiger partial charge in [-0.3, -0.25) is 4.90 Å². The molecule has 0 radical (unpaired) electrons. The van der Waals surface area contributed by atoms with E-state index < -0.39 is 0 Å². The summed E-state index contributed by atoms with van der Waals surface area (Å²) in [7, 11) is 0. The lowest BCUT2D eigenvalue weighted by molar-refractivity contribution is 0.223. The number of rotatable bonds is 2. The van der Waals surface area contributed by atoms with Gasteiger partial charge < -0.3 is 0 Å². The molecule has 0 saturated carbocycles. The quantitative estimate of drug-likeness (QED) is 0.751. The second-order valence-electron chi connectivity index (χ2n) is 4.19. The first-order valence-electron chi connectivity index (χ1n) is 5.45. The smallest absolute Gasteiger partial charge is 0.129 e. The van der Waals surface area contributed by atoms with E-state index in [1.165, 1.54) is 6.07 Å². The fourth-order valence-electron chi connectivity index (χ4n) is 1.95. The maximum Gasteiger partial charge on any atom is 0.129 e. The van der Waals surface area contributed by atoms with Gasteiger partial charge in [-0.1, -0.05) is 33.6 Å². The number of nitrogens with zero attached hydrogens (tertiary/aromatic N) is 1. The number of hydrogen-bond acceptors (Lipinski definition) is 1. The highest BCUT2D eigenvalue weighted by atomic mass is 79.9. The summed E-state index contributed by atoms with van der Waals surface area (Å²) < 4.78 is 13.6. The number of likely N-dealkylation sites (tertiary alicyclic amines) is 1. The number of alkyl halides is 1. The van der Waals surface area contributed by atoms with Crippen molar-refractivity contribution in [3.05, 3.63) is 34.6 Å². The van der Waals surface area contributed by atoms with E-state index in [1.807, 2.05) is 0 Å². The van der Waals surface area contributed by atoms with Gasteiger partial charge in [0.25, 0.3) is 0 Å². The summed E-state index contributed by atoms with van der Waals surface area (Å²) in [5.74, 6) is -0.200. The van der Waals surface area contributed by atoms with Crippen LogP contribution in [0.25, 0.3) is 0 Å². The van der Waals surface area contributed by atoms with E-state index in [4.69, 9.17) is 11.6 Å². The standard InChI is InChI=1S/C12H14BrClFN/c13-10-3-5-16(6-4-10)8-9-1-2-11(14)7-12(9)15/h1-2,7,10H,3-6,8H2. The minimum atomic E-state index is -0.200. The molecule has 1 fully saturated rings. The summed E-state index contributed by atoms with van der Waals surface area (Å²) in [5, 5.41) is 0.459. The molecule has 1 aliphatic rings. The highest BCUT2D eigenvalue weighted by molar-refractivity contribution is 9.09. The van der Waals surface area contributed by atoms with Crippen molar-refractivity contribution in [2.75, 3.05) is 13.1 Å². The van der Waals surface area contributed by atoms with Crippen molar-refractivity contribution in [3.8, 4) is 0 Å². The average Bonchev–Trinajstić information content (AvgIpc) is 2.25. The molecule has 0 bridgehead atoms. The molecule has 1 nitrogen and oxygen atoms in total. The number of hydrogen-bond donors (Lipinski definition) is 0. The van der Waals surface area contributed by atoms with Crippen molar-refractivity contribution in [2.45, 2.75) is 24.2 Å². The van der Waals surface area contributed by atoms with Crippen LogP contribution in [-0.4, -0.2) is 22.8 Å². The maximum atomic E-state index is 13.6. The van der Waals surface area contributed by atoms with Crippen LogP contribution in [0.1, 0.15) is 18.4 Å². The molecule has 0 amide bonds. The zero-order valence-electron chi connectivity index (χ0n) is 8.93. The Morgan fingerprint density at radius 3 is 2.69 bits per heavy atom. The Kier molecular flexibility index (Phi) is 4.22. The van der Waals surface area contributed by atoms with E-state index >= 15 is 0 Å². The molecule has 0 aromatic heterocycles. The molecule has 1 aromatic carbocycles. The minimum absolute atomic E-state index is 0.200. The number of piperidine rings is 1. The first kappa shape index (κ1) is 12.3. The Morgan fingerprint density at radius 2 is 2.06 bits per heavy atom. The Labute approximate surface area is 109 Å². The normalized spacial score (nSPS) is 18.9. The van der Waals surface area contributed by atoms with Crippen LogP contribution in [-0.2, 0) is 6.54 Å². The van der Waals surface area contributed by atoms with Crippen molar-refractivity contribution < 1.29 is 4.39 Å². The van der Waals surface area contributed by atoms with Crippen molar-refractivity contribution in [2.24, 2.45) is 0 Å². The van der Waals surface area contributed by atoms with Gasteiger partial charge >= 0.3 is 0 Å². The fraction of sp³-hybridized carbons (Fsp3) is 0.500. The van der Waals surface area contributed by atoms with Crippen LogP contribution >= 0.6 is 27.5 Å². The molecule has 88 valence electrons. The molecule has 2 rings (SSSR count). The number of halogens is 3. The van der Waals surface area contributed by atoms with Gasteiger partial charge in [-0.25, -0.2) is 4.39 Å². The van der Waals surface area contributed by atoms with E-state index in [0.29, 0.717) is 16.4 Å². The third-order valence-corrected chi connectivity index (χ3v) is 4.08. The number of benzene rings is 1. The van der Waals surface area contributed by atoms with Gasteiger partial charge in [0.15, 0.2) is 0 Å². The van der Waals surface area contributed by atoms with Gasteiger partial charge in [0, 0.05) is 22.0 Å². The lowest BCUT2D eigenvalue weighted by Gasteiger charge is -2.29. The molecule has 1 aliphatic heterocycles. The second kappa shape index (κ2) is 5.48. The van der Waals surface area contributed by atoms with Crippen molar-refractivity contribution in [1.82, 2.24) is 4.90 Å². The van der Waals surface area contributed by atoms with Crippen LogP contribution < -0.4 is 0 Å². The van der Waals surface area contributed by atoms with Crippen LogP contribution in [0, 0.1) is 5.82 Å². The Bertz CT molecular complexity index is 364. The highest BCUT2D eigenvalue weighted by Crippen LogP contribution is 2.21. The molecular weight excluding hydrogens is 292 g/mol. The van der Waals surface area contributed by atoms with Crippen LogP contribution in [0.5, 0.6) is 0 Å². The summed E-state index contributed by atoms with van der Waals surface area (Å²) in [6.45, 7) is 2.73. The molecule has 1 heterocycles. The SMILES string of the molecule is Fc1cc(Cl)ccc1CN1CCC(Br)CC1. The predicted octanol–water partition coefficient (Wildman–Crippen LogP) is 3.84. The lowest BCUT2D eigenvalue weighted by atomic mass is 10.1. The fourth-order valence-corrected chi connectivity index (χ4v) is 2.52. The molecule has 0 N–H and O–H groups in total. The Morgan fingerprint density at radius 1 is 1.38 bits per heavy atom. The third kappa shape index (κ3) is 3.19. The third-order valence-electron chi connectivity index (χ3n) is 2.93. The minimum Gasteiger partial charge on any atom is -0.299 e. The Balaban J connectivity index is 1.98. The first-order chi connectivity index (χ1) is 7.65. The van der Waals surface area contributed by atoms with E-state index in [1.54, 1.807) is 12.1 Å². The molecule has 1 aromatic rings. The van der Waals surface area contributed by atoms with Gasteiger partial charge in [0.05, 0.1) is 0 Å². The topological polar surface area (TPSA) is 3.24 Å². The molecule has 4 heteroatoms. The highest BCUT2D eigenvalue weighted by Gasteiger charge is 2.17. The maximum absolute atomic E-state index is 13.6. The molecule has 0 atom stereocenters. The average molecular weight is 307 g/mol. The van der Waals surface area contributed by atoms with Crippen molar-refractivity contribution >= 4 is 27.5 Å². The molecule has 0 aliphatic carbocycles. The predicted molar refractivity (Wildman–Crippen MR) is 68.6 cm³/mol. The molecule has 1 saturated heterocycles. The molecule has 0 unspecified atom stereocenters. The zero-order valence-corrected chi connectivity index (χ0v) is 11.3. The molecule has 16 heavy (non-hydrogen) atoms. The summed E-state index contributed by atoms with van der Waals surface area (Å²) in [6.07, 6.45) is 2.27. The van der Waals surface area contributed by atoms with Gasteiger partial charge in [-0.15, -0.1) is 0 Å². The summed E-state index contributed by atoms with van der Waals surface area (Å²) >= 11 is 9.33. The zero-order chi connectivity index (χ0) is 11.5. The lowest BCUT2D eigenvalue weighted by Crippen LogP contribution is -2.33. The Hall–Kier alpha value is -0.120. The van der Waals surface area contributed by atoms with Crippen molar-refractivity contribution in [3.63, 3.8) is 0 Å². The van der Waals surface area contributed by atoms with Gasteiger partial charge in [-0.05, 0) is 38.1 Å². The van der Waals surface area contributed by atoms with Crippen LogP contribution in [0.4, 0.5) is 4.39 Å². The van der Waals surface area contributed by atoms with Crippen molar-refractivity contribution in [1.29, 1.82) is 0 Å². The summed E-state index contributed by atoms with van der Waals surface area (Å²) in [4.78, 5) is 2.91.